The molecule has 3 heteroatoms. The molecule has 0 bridgehead atoms. The maximum atomic E-state index is 4.63. The number of oxazole rings is 1. The number of rotatable bonds is 1. The van der Waals surface area contributed by atoms with Crippen LogP contribution in [0, 0.1) is 0 Å². The van der Waals surface area contributed by atoms with E-state index < -0.39 is 0 Å². The van der Waals surface area contributed by atoms with Crippen molar-refractivity contribution in [2.24, 2.45) is 0 Å². The van der Waals surface area contributed by atoms with Gasteiger partial charge in [-0.2, -0.15) is 4.98 Å². The molecule has 1 N–H and O–H groups in total. The lowest BCUT2D eigenvalue weighted by molar-refractivity contribution is 0.558. The van der Waals surface area contributed by atoms with Crippen LogP contribution in [0.2, 0.25) is 0 Å². The molecule has 0 saturated carbocycles. The van der Waals surface area contributed by atoms with Gasteiger partial charge in [-0.25, -0.2) is 0 Å². The van der Waals surface area contributed by atoms with Crippen molar-refractivity contribution in [2.45, 2.75) is 0 Å². The largest absolute Gasteiger partial charge is 0.449 e. The second-order valence-electron chi connectivity index (χ2n) is 1.12. The van der Waals surface area contributed by atoms with Gasteiger partial charge in [0.1, 0.15) is 6.26 Å². The minimum absolute atomic E-state index is 0.764. The molecule has 9 heavy (non-hydrogen) atoms. The van der Waals surface area contributed by atoms with E-state index in [0.717, 1.165) is 5.82 Å². The monoisotopic (exact) mass is 126 g/mol. The van der Waals surface area contributed by atoms with Crippen molar-refractivity contribution in [1.29, 1.82) is 0 Å². The standard InChI is InChI=1S/C4H6N2O.C2H4/c1-5-4-2-7-3-6-4;1-2/h2-3,5H,1H3;1-2H2. The van der Waals surface area contributed by atoms with Crippen molar-refractivity contribution in [1.82, 2.24) is 4.98 Å². The zero-order valence-corrected chi connectivity index (χ0v) is 5.42. The van der Waals surface area contributed by atoms with Gasteiger partial charge >= 0.3 is 0 Å². The molecule has 0 fully saturated rings. The first-order valence-electron chi connectivity index (χ1n) is 2.49. The van der Waals surface area contributed by atoms with Gasteiger partial charge in [0, 0.05) is 7.05 Å². The molecule has 0 saturated heterocycles. The van der Waals surface area contributed by atoms with E-state index in [4.69, 9.17) is 0 Å². The van der Waals surface area contributed by atoms with Crippen LogP contribution in [0.3, 0.4) is 0 Å². The van der Waals surface area contributed by atoms with Crippen molar-refractivity contribution in [3.05, 3.63) is 25.8 Å². The van der Waals surface area contributed by atoms with Crippen molar-refractivity contribution in [3.63, 3.8) is 0 Å². The lowest BCUT2D eigenvalue weighted by Gasteiger charge is -1.82. The van der Waals surface area contributed by atoms with Crippen LogP contribution in [0.1, 0.15) is 0 Å². The van der Waals surface area contributed by atoms with Crippen LogP contribution in [-0.4, -0.2) is 12.0 Å². The van der Waals surface area contributed by atoms with Crippen LogP contribution in [0.5, 0.6) is 0 Å². The Morgan fingerprint density at radius 3 is 2.56 bits per heavy atom. The fourth-order valence-electron chi connectivity index (χ4n) is 0.336. The molecule has 3 nitrogen and oxygen atoms in total. The molecule has 50 valence electrons. The molecular weight excluding hydrogens is 116 g/mol. The molecule has 1 heterocycles. The summed E-state index contributed by atoms with van der Waals surface area (Å²) in [7, 11) is 1.79. The van der Waals surface area contributed by atoms with Crippen molar-refractivity contribution in [2.75, 3.05) is 12.4 Å². The normalized spacial score (nSPS) is 7.22. The number of hydrogen-bond acceptors (Lipinski definition) is 3. The average Bonchev–Trinajstić information content (AvgIpc) is 2.43. The summed E-state index contributed by atoms with van der Waals surface area (Å²) in [5.41, 5.74) is 0. The maximum Gasteiger partial charge on any atom is 0.182 e. The van der Waals surface area contributed by atoms with Gasteiger partial charge in [0.2, 0.25) is 0 Å². The van der Waals surface area contributed by atoms with Crippen LogP contribution < -0.4 is 5.32 Å². The van der Waals surface area contributed by atoms with Crippen molar-refractivity contribution >= 4 is 5.82 Å². The molecule has 0 amide bonds. The molecule has 0 aromatic carbocycles. The molecular formula is C6H10N2O. The Kier molecular flexibility index (Phi) is 4.22. The van der Waals surface area contributed by atoms with Crippen LogP contribution in [0.4, 0.5) is 5.82 Å². The maximum absolute atomic E-state index is 4.63. The van der Waals surface area contributed by atoms with E-state index in [0.29, 0.717) is 0 Å². The van der Waals surface area contributed by atoms with E-state index in [9.17, 15) is 0 Å². The number of nitrogens with zero attached hydrogens (tertiary/aromatic N) is 1. The molecule has 1 rings (SSSR count). The van der Waals surface area contributed by atoms with Crippen LogP contribution in [-0.2, 0) is 0 Å². The van der Waals surface area contributed by atoms with E-state index in [2.05, 4.69) is 27.9 Å². The Balaban J connectivity index is 0.000000291. The van der Waals surface area contributed by atoms with E-state index in [1.165, 1.54) is 6.39 Å². The molecule has 0 atom stereocenters. The van der Waals surface area contributed by atoms with Gasteiger partial charge in [-0.05, 0) is 0 Å². The minimum atomic E-state index is 0.764. The van der Waals surface area contributed by atoms with Gasteiger partial charge in [0.05, 0.1) is 0 Å². The molecule has 0 spiro atoms. The Morgan fingerprint density at radius 2 is 2.33 bits per heavy atom. The summed E-state index contributed by atoms with van der Waals surface area (Å²) in [6, 6.07) is 0. The Labute approximate surface area is 54.4 Å². The molecule has 0 radical (unpaired) electrons. The predicted molar refractivity (Wildman–Crippen MR) is 37.3 cm³/mol. The summed E-state index contributed by atoms with van der Waals surface area (Å²) in [6.45, 7) is 6.00. The predicted octanol–water partition coefficient (Wildman–Crippen LogP) is 1.52. The Bertz CT molecular complexity index is 137. The molecule has 0 aliphatic carbocycles. The lowest BCUT2D eigenvalue weighted by Crippen LogP contribution is -1.84. The second-order valence-corrected chi connectivity index (χ2v) is 1.12. The first kappa shape index (κ1) is 7.75. The number of hydrogen-bond donors (Lipinski definition) is 1. The molecule has 1 aromatic heterocycles. The minimum Gasteiger partial charge on any atom is -0.449 e. The summed E-state index contributed by atoms with van der Waals surface area (Å²) in [6.07, 6.45) is 2.92. The second kappa shape index (κ2) is 4.90. The lowest BCUT2D eigenvalue weighted by atomic mass is 10.8. The van der Waals surface area contributed by atoms with Crippen LogP contribution in [0.15, 0.2) is 30.2 Å². The van der Waals surface area contributed by atoms with Gasteiger partial charge in [-0.3, -0.25) is 0 Å². The topological polar surface area (TPSA) is 38.1 Å². The van der Waals surface area contributed by atoms with E-state index in [-0.39, 0.29) is 0 Å². The summed E-state index contributed by atoms with van der Waals surface area (Å²) in [5.74, 6) is 0.764. The third-order valence-corrected chi connectivity index (χ3v) is 0.688. The third kappa shape index (κ3) is 2.54. The van der Waals surface area contributed by atoms with Gasteiger partial charge < -0.3 is 9.73 Å². The smallest absolute Gasteiger partial charge is 0.182 e. The average molecular weight is 126 g/mol. The fourth-order valence-corrected chi connectivity index (χ4v) is 0.336. The van der Waals surface area contributed by atoms with Crippen molar-refractivity contribution in [3.8, 4) is 0 Å². The molecule has 0 aliphatic rings. The first-order valence-corrected chi connectivity index (χ1v) is 2.49. The quantitative estimate of drug-likeness (QED) is 0.580. The van der Waals surface area contributed by atoms with Gasteiger partial charge in [-0.15, -0.1) is 13.2 Å². The Hall–Kier alpha value is -1.25. The highest BCUT2D eigenvalue weighted by Crippen LogP contribution is 1.96. The highest BCUT2D eigenvalue weighted by Gasteiger charge is 1.83. The van der Waals surface area contributed by atoms with E-state index in [1.807, 2.05) is 0 Å². The van der Waals surface area contributed by atoms with E-state index in [1.54, 1.807) is 13.3 Å². The number of nitrogens with one attached hydrogen (secondary N) is 1. The van der Waals surface area contributed by atoms with Gasteiger partial charge in [0.15, 0.2) is 12.2 Å². The number of anilines is 1. The Morgan fingerprint density at radius 1 is 1.67 bits per heavy atom. The third-order valence-electron chi connectivity index (χ3n) is 0.688. The zero-order chi connectivity index (χ0) is 7.11. The first-order chi connectivity index (χ1) is 4.43. The number of aromatic nitrogens is 1. The van der Waals surface area contributed by atoms with Gasteiger partial charge in [-0.1, -0.05) is 0 Å². The van der Waals surface area contributed by atoms with Gasteiger partial charge in [0.25, 0.3) is 0 Å². The summed E-state index contributed by atoms with van der Waals surface area (Å²) in [4.78, 5) is 3.76. The molecule has 1 aromatic rings. The summed E-state index contributed by atoms with van der Waals surface area (Å²) in [5, 5.41) is 2.80. The van der Waals surface area contributed by atoms with Crippen molar-refractivity contribution < 1.29 is 4.42 Å². The summed E-state index contributed by atoms with van der Waals surface area (Å²) >= 11 is 0. The van der Waals surface area contributed by atoms with Crippen LogP contribution in [0.25, 0.3) is 0 Å². The zero-order valence-electron chi connectivity index (χ0n) is 5.42. The highest BCUT2D eigenvalue weighted by molar-refractivity contribution is 5.26. The molecule has 0 unspecified atom stereocenters. The van der Waals surface area contributed by atoms with E-state index >= 15 is 0 Å². The SMILES string of the molecule is C=C.CNc1cocn1. The molecule has 0 aliphatic heterocycles. The highest BCUT2D eigenvalue weighted by atomic mass is 16.3. The summed E-state index contributed by atoms with van der Waals surface area (Å²) < 4.78 is 4.63. The van der Waals surface area contributed by atoms with Crippen LogP contribution >= 0.6 is 0 Å². The fraction of sp³-hybridized carbons (Fsp3) is 0.167.